The van der Waals surface area contributed by atoms with Crippen LogP contribution in [0.3, 0.4) is 0 Å². The summed E-state index contributed by atoms with van der Waals surface area (Å²) < 4.78 is 10.7. The van der Waals surface area contributed by atoms with Crippen molar-refractivity contribution in [3.63, 3.8) is 0 Å². The van der Waals surface area contributed by atoms with Gasteiger partial charge >= 0.3 is 0 Å². The highest BCUT2D eigenvalue weighted by molar-refractivity contribution is 5.40. The predicted octanol–water partition coefficient (Wildman–Crippen LogP) is 3.66. The number of nitrogens with one attached hydrogen (secondary N) is 1. The Labute approximate surface area is 123 Å². The normalized spacial score (nSPS) is 11.4. The smallest absolute Gasteiger partial charge is 0.125 e. The standard InChI is InChI=1S/C17H29NO2/c1-6-18-12-11-17(2,3)10-9-14-7-8-15(19-4)13-16(14)20-5/h7-8,13,18H,6,9-12H2,1-5H3. The summed E-state index contributed by atoms with van der Waals surface area (Å²) in [7, 11) is 3.40. The highest BCUT2D eigenvalue weighted by Crippen LogP contribution is 2.31. The molecule has 0 aliphatic carbocycles. The number of hydrogen-bond donors (Lipinski definition) is 1. The first-order valence-corrected chi connectivity index (χ1v) is 7.44. The highest BCUT2D eigenvalue weighted by Gasteiger charge is 2.18. The van der Waals surface area contributed by atoms with Gasteiger partial charge in [0.2, 0.25) is 0 Å². The molecular formula is C17H29NO2. The first kappa shape index (κ1) is 16.8. The van der Waals surface area contributed by atoms with Gasteiger partial charge in [-0.05, 0) is 49.4 Å². The van der Waals surface area contributed by atoms with Crippen molar-refractivity contribution in [2.75, 3.05) is 27.3 Å². The van der Waals surface area contributed by atoms with Gasteiger partial charge in [0, 0.05) is 6.07 Å². The van der Waals surface area contributed by atoms with Crippen molar-refractivity contribution in [2.45, 2.75) is 40.0 Å². The van der Waals surface area contributed by atoms with Gasteiger partial charge in [-0.3, -0.25) is 0 Å². The van der Waals surface area contributed by atoms with E-state index in [0.717, 1.165) is 37.4 Å². The lowest BCUT2D eigenvalue weighted by Crippen LogP contribution is -2.22. The van der Waals surface area contributed by atoms with Crippen LogP contribution in [-0.2, 0) is 6.42 Å². The molecule has 3 nitrogen and oxygen atoms in total. The SMILES string of the molecule is CCNCCC(C)(C)CCc1ccc(OC)cc1OC. The molecule has 1 N–H and O–H groups in total. The Hall–Kier alpha value is -1.22. The van der Waals surface area contributed by atoms with E-state index in [4.69, 9.17) is 9.47 Å². The van der Waals surface area contributed by atoms with Crippen molar-refractivity contribution in [2.24, 2.45) is 5.41 Å². The van der Waals surface area contributed by atoms with Crippen LogP contribution in [0.2, 0.25) is 0 Å². The van der Waals surface area contributed by atoms with Crippen molar-refractivity contribution < 1.29 is 9.47 Å². The van der Waals surface area contributed by atoms with Gasteiger partial charge in [-0.15, -0.1) is 0 Å². The largest absolute Gasteiger partial charge is 0.497 e. The molecule has 3 heteroatoms. The Balaban J connectivity index is 2.60. The molecule has 0 radical (unpaired) electrons. The minimum Gasteiger partial charge on any atom is -0.497 e. The fourth-order valence-electron chi connectivity index (χ4n) is 2.26. The third-order valence-corrected chi connectivity index (χ3v) is 3.79. The van der Waals surface area contributed by atoms with Gasteiger partial charge in [0.1, 0.15) is 11.5 Å². The lowest BCUT2D eigenvalue weighted by atomic mass is 9.83. The van der Waals surface area contributed by atoms with Gasteiger partial charge in [0.25, 0.3) is 0 Å². The van der Waals surface area contributed by atoms with Crippen molar-refractivity contribution in [1.82, 2.24) is 5.32 Å². The Morgan fingerprint density at radius 2 is 1.85 bits per heavy atom. The van der Waals surface area contributed by atoms with Crippen molar-refractivity contribution in [1.29, 1.82) is 0 Å². The fraction of sp³-hybridized carbons (Fsp3) is 0.647. The monoisotopic (exact) mass is 279 g/mol. The van der Waals surface area contributed by atoms with Gasteiger partial charge in [-0.25, -0.2) is 0 Å². The molecule has 114 valence electrons. The van der Waals surface area contributed by atoms with Gasteiger partial charge in [0.05, 0.1) is 14.2 Å². The molecule has 0 saturated heterocycles. The average molecular weight is 279 g/mol. The second-order valence-electron chi connectivity index (χ2n) is 5.95. The molecule has 0 amide bonds. The van der Waals surface area contributed by atoms with E-state index >= 15 is 0 Å². The average Bonchev–Trinajstić information content (AvgIpc) is 2.45. The third kappa shape index (κ3) is 5.41. The molecule has 0 atom stereocenters. The third-order valence-electron chi connectivity index (χ3n) is 3.79. The van der Waals surface area contributed by atoms with Crippen LogP contribution in [0.1, 0.15) is 39.2 Å². The molecule has 1 rings (SSSR count). The number of rotatable bonds is 9. The van der Waals surface area contributed by atoms with E-state index in [-0.39, 0.29) is 0 Å². The predicted molar refractivity (Wildman–Crippen MR) is 84.8 cm³/mol. The van der Waals surface area contributed by atoms with E-state index in [9.17, 15) is 0 Å². The summed E-state index contributed by atoms with van der Waals surface area (Å²) in [5.41, 5.74) is 1.59. The summed E-state index contributed by atoms with van der Waals surface area (Å²) in [6, 6.07) is 6.07. The van der Waals surface area contributed by atoms with Crippen LogP contribution >= 0.6 is 0 Å². The van der Waals surface area contributed by atoms with E-state index in [1.807, 2.05) is 12.1 Å². The summed E-state index contributed by atoms with van der Waals surface area (Å²) in [6.07, 6.45) is 3.38. The first-order valence-electron chi connectivity index (χ1n) is 7.44. The summed E-state index contributed by atoms with van der Waals surface area (Å²) >= 11 is 0. The first-order chi connectivity index (χ1) is 9.52. The topological polar surface area (TPSA) is 30.5 Å². The number of hydrogen-bond acceptors (Lipinski definition) is 3. The van der Waals surface area contributed by atoms with Crippen LogP contribution in [-0.4, -0.2) is 27.3 Å². The molecule has 0 spiro atoms. The Bertz CT molecular complexity index is 402. The van der Waals surface area contributed by atoms with Crippen LogP contribution in [0, 0.1) is 5.41 Å². The number of methoxy groups -OCH3 is 2. The number of benzene rings is 1. The van der Waals surface area contributed by atoms with Crippen LogP contribution < -0.4 is 14.8 Å². The maximum absolute atomic E-state index is 5.46. The zero-order chi connectivity index (χ0) is 15.0. The van der Waals surface area contributed by atoms with E-state index in [0.29, 0.717) is 5.41 Å². The second-order valence-corrected chi connectivity index (χ2v) is 5.95. The van der Waals surface area contributed by atoms with Gasteiger partial charge in [0.15, 0.2) is 0 Å². The number of aryl methyl sites for hydroxylation is 1. The van der Waals surface area contributed by atoms with E-state index in [1.54, 1.807) is 14.2 Å². The minimum absolute atomic E-state index is 0.340. The molecule has 1 aromatic carbocycles. The van der Waals surface area contributed by atoms with Gasteiger partial charge in [-0.1, -0.05) is 26.8 Å². The molecule has 0 aliphatic heterocycles. The molecule has 0 unspecified atom stereocenters. The summed E-state index contributed by atoms with van der Waals surface area (Å²) in [5.74, 6) is 1.77. The van der Waals surface area contributed by atoms with Crippen LogP contribution in [0.5, 0.6) is 11.5 Å². The zero-order valence-corrected chi connectivity index (χ0v) is 13.6. The maximum Gasteiger partial charge on any atom is 0.125 e. The quantitative estimate of drug-likeness (QED) is 0.700. The molecule has 0 saturated carbocycles. The van der Waals surface area contributed by atoms with Gasteiger partial charge < -0.3 is 14.8 Å². The molecule has 0 heterocycles. The lowest BCUT2D eigenvalue weighted by molar-refractivity contribution is 0.301. The fourth-order valence-corrected chi connectivity index (χ4v) is 2.26. The second kappa shape index (κ2) is 8.15. The molecule has 20 heavy (non-hydrogen) atoms. The van der Waals surface area contributed by atoms with E-state index in [1.165, 1.54) is 12.0 Å². The maximum atomic E-state index is 5.46. The van der Waals surface area contributed by atoms with Crippen molar-refractivity contribution >= 4 is 0 Å². The molecule has 0 fully saturated rings. The van der Waals surface area contributed by atoms with Crippen molar-refractivity contribution in [3.05, 3.63) is 23.8 Å². The summed E-state index contributed by atoms with van der Waals surface area (Å²) in [6.45, 7) is 8.95. The zero-order valence-electron chi connectivity index (χ0n) is 13.6. The number of ether oxygens (including phenoxy) is 2. The van der Waals surface area contributed by atoms with Gasteiger partial charge in [-0.2, -0.15) is 0 Å². The van der Waals surface area contributed by atoms with E-state index in [2.05, 4.69) is 32.2 Å². The summed E-state index contributed by atoms with van der Waals surface area (Å²) in [5, 5.41) is 3.40. The molecule has 1 aromatic rings. The van der Waals surface area contributed by atoms with Crippen molar-refractivity contribution in [3.8, 4) is 11.5 Å². The summed E-state index contributed by atoms with van der Waals surface area (Å²) in [4.78, 5) is 0. The Kier molecular flexibility index (Phi) is 6.86. The Morgan fingerprint density at radius 3 is 2.45 bits per heavy atom. The highest BCUT2D eigenvalue weighted by atomic mass is 16.5. The molecule has 0 aliphatic rings. The minimum atomic E-state index is 0.340. The van der Waals surface area contributed by atoms with Crippen LogP contribution in [0.4, 0.5) is 0 Å². The lowest BCUT2D eigenvalue weighted by Gasteiger charge is -2.25. The Morgan fingerprint density at radius 1 is 1.10 bits per heavy atom. The van der Waals surface area contributed by atoms with Crippen LogP contribution in [0.15, 0.2) is 18.2 Å². The van der Waals surface area contributed by atoms with E-state index < -0.39 is 0 Å². The molecule has 0 bridgehead atoms. The van der Waals surface area contributed by atoms with Crippen LogP contribution in [0.25, 0.3) is 0 Å². The molecule has 0 aromatic heterocycles. The molecular weight excluding hydrogens is 250 g/mol.